The molecular weight excluding hydrogens is 298 g/mol. The van der Waals surface area contributed by atoms with Crippen LogP contribution in [0.25, 0.3) is 10.2 Å². The Morgan fingerprint density at radius 2 is 2.00 bits per heavy atom. The first-order valence-electron chi connectivity index (χ1n) is 7.66. The summed E-state index contributed by atoms with van der Waals surface area (Å²) in [4.78, 5) is 26.0. The van der Waals surface area contributed by atoms with Gasteiger partial charge in [-0.1, -0.05) is 0 Å². The van der Waals surface area contributed by atoms with Crippen LogP contribution < -0.4 is 5.73 Å². The number of hydrogen-bond donors (Lipinski definition) is 1. The van der Waals surface area contributed by atoms with Gasteiger partial charge in [0, 0.05) is 25.0 Å². The van der Waals surface area contributed by atoms with Crippen LogP contribution in [0.15, 0.2) is 17.5 Å². The van der Waals surface area contributed by atoms with Crippen LogP contribution in [-0.2, 0) is 4.79 Å². The van der Waals surface area contributed by atoms with Gasteiger partial charge in [0.2, 0.25) is 5.91 Å². The van der Waals surface area contributed by atoms with Crippen LogP contribution in [0.5, 0.6) is 0 Å². The minimum atomic E-state index is -0.252. The molecule has 1 aliphatic heterocycles. The monoisotopic (exact) mass is 319 g/mol. The van der Waals surface area contributed by atoms with E-state index in [0.717, 1.165) is 15.9 Å². The molecule has 5 nitrogen and oxygen atoms in total. The number of nitrogens with zero attached hydrogens (tertiary/aromatic N) is 2. The van der Waals surface area contributed by atoms with Gasteiger partial charge in [-0.15, -0.1) is 11.3 Å². The summed E-state index contributed by atoms with van der Waals surface area (Å²) in [5.74, 6) is -0.289. The van der Waals surface area contributed by atoms with E-state index in [1.807, 2.05) is 11.0 Å². The number of aromatic nitrogens is 1. The Hall–Kier alpha value is -1.82. The van der Waals surface area contributed by atoms with E-state index >= 15 is 0 Å². The molecule has 2 amide bonds. The van der Waals surface area contributed by atoms with Crippen molar-refractivity contribution < 1.29 is 9.59 Å². The summed E-state index contributed by atoms with van der Waals surface area (Å²) in [6.45, 7) is 5.38. The lowest BCUT2D eigenvalue weighted by Gasteiger charge is -2.31. The van der Waals surface area contributed by atoms with Gasteiger partial charge >= 0.3 is 0 Å². The minimum absolute atomic E-state index is 0.0556. The lowest BCUT2D eigenvalue weighted by Crippen LogP contribution is -2.42. The highest BCUT2D eigenvalue weighted by Crippen LogP contribution is 2.30. The zero-order valence-corrected chi connectivity index (χ0v) is 13.7. The van der Waals surface area contributed by atoms with Crippen LogP contribution >= 0.6 is 11.3 Å². The second kappa shape index (κ2) is 5.76. The highest BCUT2D eigenvalue weighted by atomic mass is 32.1. The van der Waals surface area contributed by atoms with Gasteiger partial charge in [0.05, 0.1) is 10.2 Å². The van der Waals surface area contributed by atoms with Gasteiger partial charge < -0.3 is 15.2 Å². The Labute approximate surface area is 133 Å². The first-order chi connectivity index (χ1) is 10.5. The highest BCUT2D eigenvalue weighted by Gasteiger charge is 2.28. The van der Waals surface area contributed by atoms with Crippen molar-refractivity contribution in [2.75, 3.05) is 13.1 Å². The fourth-order valence-corrected chi connectivity index (χ4v) is 4.01. The summed E-state index contributed by atoms with van der Waals surface area (Å²) in [5.41, 5.74) is 7.22. The van der Waals surface area contributed by atoms with Gasteiger partial charge in [-0.25, -0.2) is 0 Å². The topological polar surface area (TPSA) is 68.3 Å². The molecule has 118 valence electrons. The van der Waals surface area contributed by atoms with Crippen LogP contribution in [0, 0.1) is 5.92 Å². The minimum Gasteiger partial charge on any atom is -0.369 e. The molecule has 0 atom stereocenters. The van der Waals surface area contributed by atoms with Crippen molar-refractivity contribution in [1.29, 1.82) is 0 Å². The van der Waals surface area contributed by atoms with Crippen molar-refractivity contribution >= 4 is 33.4 Å². The molecule has 0 aliphatic carbocycles. The maximum Gasteiger partial charge on any atom is 0.270 e. The third-order valence-corrected chi connectivity index (χ3v) is 5.23. The fourth-order valence-electron chi connectivity index (χ4n) is 3.19. The van der Waals surface area contributed by atoms with Gasteiger partial charge in [-0.3, -0.25) is 9.59 Å². The number of nitrogens with two attached hydrogens (primary N) is 1. The average molecular weight is 319 g/mol. The zero-order valence-electron chi connectivity index (χ0n) is 12.9. The number of primary amides is 1. The van der Waals surface area contributed by atoms with E-state index in [1.54, 1.807) is 11.3 Å². The van der Waals surface area contributed by atoms with E-state index in [0.29, 0.717) is 25.9 Å². The summed E-state index contributed by atoms with van der Waals surface area (Å²) in [6, 6.07) is 4.28. The summed E-state index contributed by atoms with van der Waals surface area (Å²) in [7, 11) is 0. The number of piperidine rings is 1. The second-order valence-corrected chi connectivity index (χ2v) is 7.08. The molecule has 0 spiro atoms. The molecule has 0 bridgehead atoms. The largest absolute Gasteiger partial charge is 0.369 e. The summed E-state index contributed by atoms with van der Waals surface area (Å²) >= 11 is 1.66. The molecule has 1 aliphatic rings. The number of carbonyl (C=O) groups is 2. The van der Waals surface area contributed by atoms with Crippen LogP contribution in [0.2, 0.25) is 0 Å². The second-order valence-electron chi connectivity index (χ2n) is 6.13. The molecule has 2 aromatic heterocycles. The third-order valence-electron chi connectivity index (χ3n) is 4.38. The van der Waals surface area contributed by atoms with E-state index in [4.69, 9.17) is 5.73 Å². The van der Waals surface area contributed by atoms with Crippen LogP contribution in [0.1, 0.15) is 43.2 Å². The molecule has 0 aromatic carbocycles. The molecule has 1 saturated heterocycles. The Morgan fingerprint density at radius 1 is 1.32 bits per heavy atom. The maximum atomic E-state index is 12.9. The number of rotatable bonds is 3. The molecule has 2 aromatic rings. The normalized spacial score (nSPS) is 16.6. The summed E-state index contributed by atoms with van der Waals surface area (Å²) in [5, 5.41) is 2.05. The number of thiophene rings is 1. The average Bonchev–Trinajstić information content (AvgIpc) is 3.06. The van der Waals surface area contributed by atoms with Gasteiger partial charge in [0.25, 0.3) is 5.91 Å². The van der Waals surface area contributed by atoms with Crippen LogP contribution in [0.3, 0.4) is 0 Å². The number of fused-ring (bicyclic) bond motifs is 1. The van der Waals surface area contributed by atoms with E-state index in [-0.39, 0.29) is 23.8 Å². The lowest BCUT2D eigenvalue weighted by molar-refractivity contribution is -0.123. The lowest BCUT2D eigenvalue weighted by atomic mass is 9.96. The van der Waals surface area contributed by atoms with Crippen molar-refractivity contribution in [2.24, 2.45) is 11.7 Å². The van der Waals surface area contributed by atoms with E-state index in [1.165, 1.54) is 0 Å². The van der Waals surface area contributed by atoms with Crippen LogP contribution in [-0.4, -0.2) is 34.4 Å². The number of hydrogen-bond acceptors (Lipinski definition) is 3. The molecule has 0 radical (unpaired) electrons. The van der Waals surface area contributed by atoms with Crippen molar-refractivity contribution in [3.8, 4) is 0 Å². The molecule has 3 heterocycles. The molecule has 0 saturated carbocycles. The summed E-state index contributed by atoms with van der Waals surface area (Å²) < 4.78 is 3.25. The SMILES string of the molecule is CC(C)n1c(C(=O)N2CCC(C(N)=O)CC2)cc2sccc21. The quantitative estimate of drug-likeness (QED) is 0.945. The first-order valence-corrected chi connectivity index (χ1v) is 8.54. The highest BCUT2D eigenvalue weighted by molar-refractivity contribution is 7.17. The molecule has 2 N–H and O–H groups in total. The smallest absolute Gasteiger partial charge is 0.270 e. The molecule has 3 rings (SSSR count). The standard InChI is InChI=1S/C16H21N3O2S/c1-10(2)19-12-5-8-22-14(12)9-13(19)16(21)18-6-3-11(4-7-18)15(17)20/h5,8-11H,3-4,6-7H2,1-2H3,(H2,17,20). The molecule has 6 heteroatoms. The number of likely N-dealkylation sites (tertiary alicyclic amines) is 1. The molecule has 1 fully saturated rings. The predicted octanol–water partition coefficient (Wildman–Crippen LogP) is 2.62. The van der Waals surface area contributed by atoms with E-state index < -0.39 is 0 Å². The first kappa shape index (κ1) is 15.1. The van der Waals surface area contributed by atoms with Gasteiger partial charge in [0.15, 0.2) is 0 Å². The fraction of sp³-hybridized carbons (Fsp3) is 0.500. The predicted molar refractivity (Wildman–Crippen MR) is 88.0 cm³/mol. The molecule has 0 unspecified atom stereocenters. The van der Waals surface area contributed by atoms with Gasteiger partial charge in [-0.2, -0.15) is 0 Å². The molecule has 22 heavy (non-hydrogen) atoms. The number of amides is 2. The Bertz CT molecular complexity index is 708. The zero-order chi connectivity index (χ0) is 15.9. The van der Waals surface area contributed by atoms with Crippen molar-refractivity contribution in [3.63, 3.8) is 0 Å². The Kier molecular flexibility index (Phi) is 3.95. The van der Waals surface area contributed by atoms with E-state index in [2.05, 4.69) is 29.9 Å². The van der Waals surface area contributed by atoms with Crippen molar-refractivity contribution in [2.45, 2.75) is 32.7 Å². The third kappa shape index (κ3) is 2.52. The van der Waals surface area contributed by atoms with E-state index in [9.17, 15) is 9.59 Å². The maximum absolute atomic E-state index is 12.9. The Morgan fingerprint density at radius 3 is 2.59 bits per heavy atom. The van der Waals surface area contributed by atoms with Gasteiger partial charge in [0.1, 0.15) is 5.69 Å². The van der Waals surface area contributed by atoms with Crippen molar-refractivity contribution in [1.82, 2.24) is 9.47 Å². The summed E-state index contributed by atoms with van der Waals surface area (Å²) in [6.07, 6.45) is 1.33. The van der Waals surface area contributed by atoms with Gasteiger partial charge in [-0.05, 0) is 44.2 Å². The van der Waals surface area contributed by atoms with Crippen LogP contribution in [0.4, 0.5) is 0 Å². The Balaban J connectivity index is 1.85. The molecular formula is C16H21N3O2S. The number of carbonyl (C=O) groups excluding carboxylic acids is 2. The van der Waals surface area contributed by atoms with Crippen molar-refractivity contribution in [3.05, 3.63) is 23.2 Å².